The zero-order valence-electron chi connectivity index (χ0n) is 8.58. The van der Waals surface area contributed by atoms with Crippen LogP contribution in [-0.4, -0.2) is 54.7 Å². The van der Waals surface area contributed by atoms with Crippen LogP contribution in [-0.2, 0) is 9.53 Å². The van der Waals surface area contributed by atoms with Crippen molar-refractivity contribution < 1.29 is 23.4 Å². The van der Waals surface area contributed by atoms with Gasteiger partial charge < -0.3 is 9.84 Å². The third kappa shape index (κ3) is 3.39. The van der Waals surface area contributed by atoms with Crippen LogP contribution in [0.2, 0.25) is 0 Å². The summed E-state index contributed by atoms with van der Waals surface area (Å²) >= 11 is 0. The minimum Gasteiger partial charge on any atom is -0.480 e. The van der Waals surface area contributed by atoms with Crippen LogP contribution < -0.4 is 0 Å². The molecule has 0 radical (unpaired) electrons. The molecule has 1 aliphatic rings. The third-order valence-electron chi connectivity index (χ3n) is 2.50. The Kier molecular flexibility index (Phi) is 3.98. The molecule has 1 aliphatic heterocycles. The molecule has 1 heterocycles. The van der Waals surface area contributed by atoms with Gasteiger partial charge in [-0.25, -0.2) is 13.6 Å². The Morgan fingerprint density at radius 3 is 2.80 bits per heavy atom. The maximum absolute atomic E-state index is 13.3. The van der Waals surface area contributed by atoms with Gasteiger partial charge in [-0.1, -0.05) is 6.92 Å². The molecule has 0 aromatic carbocycles. The van der Waals surface area contributed by atoms with Crippen LogP contribution in [0, 0.1) is 5.92 Å². The lowest BCUT2D eigenvalue weighted by atomic mass is 10.1. The number of hydrogen-bond acceptors (Lipinski definition) is 3. The molecule has 1 unspecified atom stereocenters. The molecule has 15 heavy (non-hydrogen) atoms. The Morgan fingerprint density at radius 2 is 2.33 bits per heavy atom. The van der Waals surface area contributed by atoms with Crippen LogP contribution in [0.5, 0.6) is 0 Å². The Labute approximate surface area is 86.8 Å². The van der Waals surface area contributed by atoms with Crippen molar-refractivity contribution in [3.8, 4) is 0 Å². The smallest absolute Gasteiger partial charge is 0.329 e. The van der Waals surface area contributed by atoms with Crippen LogP contribution >= 0.6 is 0 Å². The minimum absolute atomic E-state index is 0.199. The molecule has 0 aromatic heterocycles. The first-order chi connectivity index (χ1) is 6.95. The highest BCUT2D eigenvalue weighted by Crippen LogP contribution is 2.32. The van der Waals surface area contributed by atoms with Crippen LogP contribution in [0.25, 0.3) is 0 Å². The fourth-order valence-corrected chi connectivity index (χ4v) is 1.64. The van der Waals surface area contributed by atoms with Crippen molar-refractivity contribution in [3.63, 3.8) is 0 Å². The van der Waals surface area contributed by atoms with Gasteiger partial charge in [-0.05, 0) is 6.54 Å². The van der Waals surface area contributed by atoms with Crippen molar-refractivity contribution in [3.05, 3.63) is 0 Å². The monoisotopic (exact) mass is 223 g/mol. The van der Waals surface area contributed by atoms with Gasteiger partial charge in [0.15, 0.2) is 0 Å². The topological polar surface area (TPSA) is 49.8 Å². The van der Waals surface area contributed by atoms with Gasteiger partial charge in [0.2, 0.25) is 0 Å². The van der Waals surface area contributed by atoms with E-state index in [0.717, 1.165) is 0 Å². The van der Waals surface area contributed by atoms with E-state index in [9.17, 15) is 13.6 Å². The first-order valence-corrected chi connectivity index (χ1v) is 4.85. The second kappa shape index (κ2) is 4.85. The van der Waals surface area contributed by atoms with Gasteiger partial charge in [0.1, 0.15) is 6.61 Å². The minimum atomic E-state index is -2.77. The number of hydrogen-bond donors (Lipinski definition) is 1. The molecule has 0 bridgehead atoms. The molecule has 0 spiro atoms. The van der Waals surface area contributed by atoms with Crippen molar-refractivity contribution in [2.24, 2.45) is 5.92 Å². The maximum atomic E-state index is 13.3. The van der Waals surface area contributed by atoms with E-state index in [4.69, 9.17) is 9.84 Å². The maximum Gasteiger partial charge on any atom is 0.329 e. The lowest BCUT2D eigenvalue weighted by Gasteiger charge is -2.16. The lowest BCUT2D eigenvalue weighted by Crippen LogP contribution is -2.31. The molecule has 1 saturated heterocycles. The zero-order chi connectivity index (χ0) is 11.5. The third-order valence-corrected chi connectivity index (χ3v) is 2.50. The number of alkyl halides is 2. The summed E-state index contributed by atoms with van der Waals surface area (Å²) in [4.78, 5) is 11.8. The SMILES string of the molecule is CCN1CC(COCC(=O)O)C(F)(F)C1. The fourth-order valence-electron chi connectivity index (χ4n) is 1.64. The number of nitrogens with zero attached hydrogens (tertiary/aromatic N) is 1. The standard InChI is InChI=1S/C9H15F2NO3/c1-2-12-3-7(9(10,11)6-12)4-15-5-8(13)14/h7H,2-6H2,1H3,(H,13,14). The number of halogens is 2. The summed E-state index contributed by atoms with van der Waals surface area (Å²) in [6, 6.07) is 0. The lowest BCUT2D eigenvalue weighted by molar-refractivity contribution is -0.144. The summed E-state index contributed by atoms with van der Waals surface area (Å²) in [5, 5.41) is 8.29. The quantitative estimate of drug-likeness (QED) is 0.744. The normalized spacial score (nSPS) is 25.7. The fraction of sp³-hybridized carbons (Fsp3) is 0.889. The Balaban J connectivity index is 2.37. The highest BCUT2D eigenvalue weighted by atomic mass is 19.3. The number of likely N-dealkylation sites (tertiary alicyclic amines) is 1. The van der Waals surface area contributed by atoms with Gasteiger partial charge in [0, 0.05) is 6.54 Å². The molecule has 1 N–H and O–H groups in total. The summed E-state index contributed by atoms with van der Waals surface area (Å²) in [5.41, 5.74) is 0. The van der Waals surface area contributed by atoms with E-state index < -0.39 is 24.4 Å². The average Bonchev–Trinajstić information content (AvgIpc) is 2.41. The number of carbonyl (C=O) groups is 1. The summed E-state index contributed by atoms with van der Waals surface area (Å²) in [7, 11) is 0. The number of aliphatic carboxylic acids is 1. The molecule has 1 rings (SSSR count). The molecule has 4 nitrogen and oxygen atoms in total. The Morgan fingerprint density at radius 1 is 1.67 bits per heavy atom. The highest BCUT2D eigenvalue weighted by Gasteiger charge is 2.47. The van der Waals surface area contributed by atoms with Gasteiger partial charge in [-0.2, -0.15) is 0 Å². The second-order valence-corrected chi connectivity index (χ2v) is 3.69. The molecule has 88 valence electrons. The molecular formula is C9H15F2NO3. The van der Waals surface area contributed by atoms with Gasteiger partial charge in [0.25, 0.3) is 5.92 Å². The summed E-state index contributed by atoms with van der Waals surface area (Å²) < 4.78 is 31.3. The average molecular weight is 223 g/mol. The van der Waals surface area contributed by atoms with E-state index in [1.807, 2.05) is 6.92 Å². The van der Waals surface area contributed by atoms with Gasteiger partial charge >= 0.3 is 5.97 Å². The van der Waals surface area contributed by atoms with Gasteiger partial charge in [0.05, 0.1) is 19.1 Å². The van der Waals surface area contributed by atoms with Crippen molar-refractivity contribution >= 4 is 5.97 Å². The molecule has 0 aromatic rings. The van der Waals surface area contributed by atoms with Crippen LogP contribution in [0.3, 0.4) is 0 Å². The first kappa shape index (κ1) is 12.3. The zero-order valence-corrected chi connectivity index (χ0v) is 8.58. The van der Waals surface area contributed by atoms with Gasteiger partial charge in [-0.3, -0.25) is 4.90 Å². The Bertz CT molecular complexity index is 235. The second-order valence-electron chi connectivity index (χ2n) is 3.69. The molecular weight excluding hydrogens is 208 g/mol. The van der Waals surface area contributed by atoms with Crippen LogP contribution in [0.15, 0.2) is 0 Å². The summed E-state index contributed by atoms with van der Waals surface area (Å²) in [5.74, 6) is -4.80. The van der Waals surface area contributed by atoms with Crippen molar-refractivity contribution in [2.45, 2.75) is 12.8 Å². The molecule has 6 heteroatoms. The molecule has 0 aliphatic carbocycles. The van der Waals surface area contributed by atoms with E-state index in [1.54, 1.807) is 4.90 Å². The van der Waals surface area contributed by atoms with Crippen molar-refractivity contribution in [1.29, 1.82) is 0 Å². The predicted octanol–water partition coefficient (Wildman–Crippen LogP) is 0.675. The van der Waals surface area contributed by atoms with E-state index in [-0.39, 0.29) is 19.7 Å². The van der Waals surface area contributed by atoms with E-state index in [1.165, 1.54) is 0 Å². The number of rotatable bonds is 5. The Hall–Kier alpha value is -0.750. The largest absolute Gasteiger partial charge is 0.480 e. The van der Waals surface area contributed by atoms with Crippen LogP contribution in [0.1, 0.15) is 6.92 Å². The number of carboxylic acid groups (broad SMARTS) is 1. The number of ether oxygens (including phenoxy) is 1. The van der Waals surface area contributed by atoms with Crippen molar-refractivity contribution in [2.75, 3.05) is 32.8 Å². The summed E-state index contributed by atoms with van der Waals surface area (Å²) in [6.45, 7) is 1.68. The van der Waals surface area contributed by atoms with E-state index in [0.29, 0.717) is 6.54 Å². The molecule has 1 fully saturated rings. The molecule has 1 atom stereocenters. The highest BCUT2D eigenvalue weighted by molar-refractivity contribution is 5.67. The first-order valence-electron chi connectivity index (χ1n) is 4.85. The van der Waals surface area contributed by atoms with Crippen LogP contribution in [0.4, 0.5) is 8.78 Å². The van der Waals surface area contributed by atoms with Crippen molar-refractivity contribution in [1.82, 2.24) is 4.90 Å². The predicted molar refractivity (Wildman–Crippen MR) is 49.0 cm³/mol. The van der Waals surface area contributed by atoms with Gasteiger partial charge in [-0.15, -0.1) is 0 Å². The molecule has 0 saturated carbocycles. The number of carboxylic acids is 1. The molecule has 0 amide bonds. The summed E-state index contributed by atoms with van der Waals surface area (Å²) in [6.07, 6.45) is 0. The van der Waals surface area contributed by atoms with E-state index in [2.05, 4.69) is 0 Å². The van der Waals surface area contributed by atoms with E-state index >= 15 is 0 Å².